The smallest absolute Gasteiger partial charge is 0.257 e. The van der Waals surface area contributed by atoms with Crippen LogP contribution in [0.4, 0.5) is 0 Å². The number of piperidine rings is 1. The third-order valence-electron chi connectivity index (χ3n) is 3.95. The molecular formula is C16H23NO3. The van der Waals surface area contributed by atoms with Gasteiger partial charge in [0.1, 0.15) is 11.5 Å². The molecule has 4 nitrogen and oxygen atoms in total. The number of likely N-dealkylation sites (tertiary alicyclic amines) is 1. The molecule has 110 valence electrons. The quantitative estimate of drug-likeness (QED) is 0.852. The monoisotopic (exact) mass is 277 g/mol. The lowest BCUT2D eigenvalue weighted by atomic mass is 9.99. The Bertz CT molecular complexity index is 499. The highest BCUT2D eigenvalue weighted by Gasteiger charge is 2.25. The number of benzene rings is 1. The Morgan fingerprint density at radius 1 is 1.30 bits per heavy atom. The molecule has 0 radical (unpaired) electrons. The van der Waals surface area contributed by atoms with E-state index in [1.165, 1.54) is 6.42 Å². The standard InChI is InChI=1S/C16H23NO3/c1-11-6-5-9-17(10-11)16(18)13-7-8-14(19-3)12(2)15(13)20-4/h7-8,11H,5-6,9-10H2,1-4H3. The van der Waals surface area contributed by atoms with Gasteiger partial charge in [-0.3, -0.25) is 4.79 Å². The molecule has 4 heteroatoms. The molecule has 1 saturated heterocycles. The third kappa shape index (κ3) is 2.74. The molecule has 0 spiro atoms. The first-order valence-electron chi connectivity index (χ1n) is 7.09. The Morgan fingerprint density at radius 2 is 2.05 bits per heavy atom. The van der Waals surface area contributed by atoms with Gasteiger partial charge >= 0.3 is 0 Å². The van der Waals surface area contributed by atoms with Gasteiger partial charge in [-0.15, -0.1) is 0 Å². The average Bonchev–Trinajstić information content (AvgIpc) is 2.46. The summed E-state index contributed by atoms with van der Waals surface area (Å²) in [5.74, 6) is 1.98. The fourth-order valence-corrected chi connectivity index (χ4v) is 2.87. The highest BCUT2D eigenvalue weighted by Crippen LogP contribution is 2.32. The zero-order valence-electron chi connectivity index (χ0n) is 12.7. The van der Waals surface area contributed by atoms with Gasteiger partial charge in [0.2, 0.25) is 0 Å². The van der Waals surface area contributed by atoms with E-state index in [1.54, 1.807) is 20.3 Å². The molecule has 0 aliphatic carbocycles. The van der Waals surface area contributed by atoms with Gasteiger partial charge in [0.25, 0.3) is 5.91 Å². The van der Waals surface area contributed by atoms with Crippen molar-refractivity contribution in [2.24, 2.45) is 5.92 Å². The molecule has 0 N–H and O–H groups in total. The number of methoxy groups -OCH3 is 2. The van der Waals surface area contributed by atoms with Gasteiger partial charge in [0.05, 0.1) is 19.8 Å². The van der Waals surface area contributed by atoms with Crippen LogP contribution in [0.15, 0.2) is 12.1 Å². The van der Waals surface area contributed by atoms with E-state index in [4.69, 9.17) is 9.47 Å². The minimum atomic E-state index is 0.0548. The van der Waals surface area contributed by atoms with Crippen LogP contribution in [-0.4, -0.2) is 38.1 Å². The van der Waals surface area contributed by atoms with Crippen LogP contribution in [-0.2, 0) is 0 Å². The summed E-state index contributed by atoms with van der Waals surface area (Å²) in [6.45, 7) is 5.76. The number of ether oxygens (including phenoxy) is 2. The molecule has 1 unspecified atom stereocenters. The summed E-state index contributed by atoms with van der Waals surface area (Å²) in [7, 11) is 3.22. The van der Waals surface area contributed by atoms with Crippen LogP contribution in [0.3, 0.4) is 0 Å². The van der Waals surface area contributed by atoms with E-state index in [0.717, 1.165) is 30.8 Å². The number of rotatable bonds is 3. The van der Waals surface area contributed by atoms with Crippen molar-refractivity contribution in [2.45, 2.75) is 26.7 Å². The molecule has 0 bridgehead atoms. The topological polar surface area (TPSA) is 38.8 Å². The summed E-state index contributed by atoms with van der Waals surface area (Å²) in [4.78, 5) is 14.6. The Labute approximate surface area is 120 Å². The van der Waals surface area contributed by atoms with E-state index in [9.17, 15) is 4.79 Å². The fraction of sp³-hybridized carbons (Fsp3) is 0.562. The van der Waals surface area contributed by atoms with Gasteiger partial charge in [-0.25, -0.2) is 0 Å². The molecule has 20 heavy (non-hydrogen) atoms. The van der Waals surface area contributed by atoms with E-state index in [-0.39, 0.29) is 5.91 Å². The van der Waals surface area contributed by atoms with E-state index >= 15 is 0 Å². The van der Waals surface area contributed by atoms with E-state index in [2.05, 4.69) is 6.92 Å². The van der Waals surface area contributed by atoms with Crippen LogP contribution in [0.5, 0.6) is 11.5 Å². The summed E-state index contributed by atoms with van der Waals surface area (Å²) in [5.41, 5.74) is 1.49. The van der Waals surface area contributed by atoms with Crippen molar-refractivity contribution in [2.75, 3.05) is 27.3 Å². The third-order valence-corrected chi connectivity index (χ3v) is 3.95. The molecule has 1 aliphatic rings. The first-order chi connectivity index (χ1) is 9.58. The van der Waals surface area contributed by atoms with Crippen molar-refractivity contribution in [3.63, 3.8) is 0 Å². The van der Waals surface area contributed by atoms with Crippen LogP contribution in [0, 0.1) is 12.8 Å². The Morgan fingerprint density at radius 3 is 2.65 bits per heavy atom. The molecule has 0 aromatic heterocycles. The van der Waals surface area contributed by atoms with Crippen LogP contribution in [0.25, 0.3) is 0 Å². The van der Waals surface area contributed by atoms with Gasteiger partial charge in [-0.1, -0.05) is 6.92 Å². The molecule has 1 fully saturated rings. The maximum Gasteiger partial charge on any atom is 0.257 e. The lowest BCUT2D eigenvalue weighted by molar-refractivity contribution is 0.0679. The number of hydrogen-bond donors (Lipinski definition) is 0. The summed E-state index contributed by atoms with van der Waals surface area (Å²) < 4.78 is 10.7. The SMILES string of the molecule is COc1ccc(C(=O)N2CCCC(C)C2)c(OC)c1C. The Balaban J connectivity index is 2.32. The second-order valence-electron chi connectivity index (χ2n) is 5.47. The second-order valence-corrected chi connectivity index (χ2v) is 5.47. The van der Waals surface area contributed by atoms with Gasteiger partial charge < -0.3 is 14.4 Å². The highest BCUT2D eigenvalue weighted by atomic mass is 16.5. The number of carbonyl (C=O) groups is 1. The second kappa shape index (κ2) is 6.16. The summed E-state index contributed by atoms with van der Waals surface area (Å²) in [6, 6.07) is 3.63. The molecule has 0 saturated carbocycles. The summed E-state index contributed by atoms with van der Waals surface area (Å²) in [5, 5.41) is 0. The molecule has 1 amide bonds. The molecule has 1 heterocycles. The van der Waals surface area contributed by atoms with Crippen molar-refractivity contribution in [3.05, 3.63) is 23.3 Å². The molecule has 1 aliphatic heterocycles. The first kappa shape index (κ1) is 14.7. The predicted molar refractivity (Wildman–Crippen MR) is 78.6 cm³/mol. The number of amides is 1. The minimum Gasteiger partial charge on any atom is -0.496 e. The molecular weight excluding hydrogens is 254 g/mol. The fourth-order valence-electron chi connectivity index (χ4n) is 2.87. The van der Waals surface area contributed by atoms with Crippen LogP contribution < -0.4 is 9.47 Å². The first-order valence-corrected chi connectivity index (χ1v) is 7.09. The predicted octanol–water partition coefficient (Wildman–Crippen LogP) is 2.88. The van der Waals surface area contributed by atoms with Crippen LogP contribution >= 0.6 is 0 Å². The maximum absolute atomic E-state index is 12.7. The average molecular weight is 277 g/mol. The van der Waals surface area contributed by atoms with Crippen molar-refractivity contribution in [1.29, 1.82) is 0 Å². The lowest BCUT2D eigenvalue weighted by Crippen LogP contribution is -2.39. The zero-order chi connectivity index (χ0) is 14.7. The van der Waals surface area contributed by atoms with Crippen LogP contribution in [0.2, 0.25) is 0 Å². The van der Waals surface area contributed by atoms with Crippen LogP contribution in [0.1, 0.15) is 35.7 Å². The maximum atomic E-state index is 12.7. The van der Waals surface area contributed by atoms with Gasteiger partial charge in [-0.05, 0) is 37.8 Å². The van der Waals surface area contributed by atoms with Crippen molar-refractivity contribution >= 4 is 5.91 Å². The molecule has 1 aromatic rings. The lowest BCUT2D eigenvalue weighted by Gasteiger charge is -2.31. The van der Waals surface area contributed by atoms with Gasteiger partial charge in [0.15, 0.2) is 0 Å². The summed E-state index contributed by atoms with van der Waals surface area (Å²) in [6.07, 6.45) is 2.27. The normalized spacial score (nSPS) is 18.8. The van der Waals surface area contributed by atoms with Crippen molar-refractivity contribution < 1.29 is 14.3 Å². The van der Waals surface area contributed by atoms with Gasteiger partial charge in [-0.2, -0.15) is 0 Å². The van der Waals surface area contributed by atoms with Crippen molar-refractivity contribution in [1.82, 2.24) is 4.90 Å². The largest absolute Gasteiger partial charge is 0.496 e. The van der Waals surface area contributed by atoms with E-state index in [0.29, 0.717) is 17.2 Å². The Kier molecular flexibility index (Phi) is 4.53. The number of nitrogens with zero attached hydrogens (tertiary/aromatic N) is 1. The van der Waals surface area contributed by atoms with Crippen molar-refractivity contribution in [3.8, 4) is 11.5 Å². The highest BCUT2D eigenvalue weighted by molar-refractivity contribution is 5.97. The van der Waals surface area contributed by atoms with E-state index < -0.39 is 0 Å². The number of carbonyl (C=O) groups excluding carboxylic acids is 1. The summed E-state index contributed by atoms with van der Waals surface area (Å²) >= 11 is 0. The number of hydrogen-bond acceptors (Lipinski definition) is 3. The Hall–Kier alpha value is -1.71. The zero-order valence-corrected chi connectivity index (χ0v) is 12.7. The minimum absolute atomic E-state index is 0.0548. The molecule has 1 atom stereocenters. The van der Waals surface area contributed by atoms with Gasteiger partial charge in [0, 0.05) is 18.7 Å². The van der Waals surface area contributed by atoms with E-state index in [1.807, 2.05) is 17.9 Å². The molecule has 2 rings (SSSR count). The molecule has 1 aromatic carbocycles.